The van der Waals surface area contributed by atoms with Gasteiger partial charge < -0.3 is 14.6 Å². The van der Waals surface area contributed by atoms with Crippen LogP contribution in [-0.4, -0.2) is 33.0 Å². The number of thioether (sulfide) groups is 1. The molecule has 2 aromatic carbocycles. The first-order valence-corrected chi connectivity index (χ1v) is 10.1. The van der Waals surface area contributed by atoms with Crippen molar-refractivity contribution >= 4 is 23.4 Å². The number of anilines is 1. The van der Waals surface area contributed by atoms with Gasteiger partial charge in [-0.25, -0.2) is 0 Å². The molecule has 3 rings (SSSR count). The van der Waals surface area contributed by atoms with Crippen LogP contribution in [-0.2, 0) is 11.8 Å². The van der Waals surface area contributed by atoms with Crippen molar-refractivity contribution in [3.63, 3.8) is 0 Å². The standard InChI is InChI=1S/C21H24N4O2S/c1-5-27-17-11-7-10-16(12-17)20-23-24-21(25(20)4)28-13-18(26)22-19-14(2)8-6-9-15(19)3/h6-12H,5,13H2,1-4H3,(H,22,26). The molecule has 0 aliphatic carbocycles. The van der Waals surface area contributed by atoms with E-state index in [1.807, 2.05) is 74.9 Å². The molecule has 0 atom stereocenters. The number of hydrogen-bond acceptors (Lipinski definition) is 5. The van der Waals surface area contributed by atoms with Crippen LogP contribution in [0.2, 0.25) is 0 Å². The zero-order valence-corrected chi connectivity index (χ0v) is 17.3. The van der Waals surface area contributed by atoms with Crippen molar-refractivity contribution in [2.45, 2.75) is 25.9 Å². The molecule has 0 radical (unpaired) electrons. The summed E-state index contributed by atoms with van der Waals surface area (Å²) in [5.74, 6) is 1.73. The molecular formula is C21H24N4O2S. The number of aryl methyl sites for hydroxylation is 2. The molecule has 6 nitrogen and oxygen atoms in total. The SMILES string of the molecule is CCOc1cccc(-c2nnc(SCC(=O)Nc3c(C)cccc3C)n2C)c1. The van der Waals surface area contributed by atoms with Crippen molar-refractivity contribution in [3.8, 4) is 17.1 Å². The summed E-state index contributed by atoms with van der Waals surface area (Å²) in [4.78, 5) is 12.4. The lowest BCUT2D eigenvalue weighted by Crippen LogP contribution is -2.16. The van der Waals surface area contributed by atoms with E-state index >= 15 is 0 Å². The van der Waals surface area contributed by atoms with Crippen molar-refractivity contribution < 1.29 is 9.53 Å². The van der Waals surface area contributed by atoms with E-state index in [2.05, 4.69) is 15.5 Å². The highest BCUT2D eigenvalue weighted by Crippen LogP contribution is 2.26. The van der Waals surface area contributed by atoms with Crippen LogP contribution in [0.4, 0.5) is 5.69 Å². The smallest absolute Gasteiger partial charge is 0.234 e. The molecule has 3 aromatic rings. The summed E-state index contributed by atoms with van der Waals surface area (Å²) in [6, 6.07) is 13.7. The minimum atomic E-state index is -0.0645. The van der Waals surface area contributed by atoms with Crippen LogP contribution in [0.3, 0.4) is 0 Å². The van der Waals surface area contributed by atoms with Crippen LogP contribution in [0.25, 0.3) is 11.4 Å². The van der Waals surface area contributed by atoms with E-state index in [0.29, 0.717) is 11.8 Å². The third-order valence-corrected chi connectivity index (χ3v) is 5.34. The second kappa shape index (κ2) is 8.93. The summed E-state index contributed by atoms with van der Waals surface area (Å²) in [5, 5.41) is 12.2. The molecule has 0 aliphatic heterocycles. The number of carbonyl (C=O) groups excluding carboxylic acids is 1. The van der Waals surface area contributed by atoms with Gasteiger partial charge in [0.25, 0.3) is 0 Å². The molecule has 1 aromatic heterocycles. The highest BCUT2D eigenvalue weighted by molar-refractivity contribution is 7.99. The molecule has 0 aliphatic rings. The summed E-state index contributed by atoms with van der Waals surface area (Å²) >= 11 is 1.36. The van der Waals surface area contributed by atoms with Crippen molar-refractivity contribution in [3.05, 3.63) is 53.6 Å². The topological polar surface area (TPSA) is 69.0 Å². The largest absolute Gasteiger partial charge is 0.494 e. The molecule has 0 unspecified atom stereocenters. The molecule has 0 fully saturated rings. The van der Waals surface area contributed by atoms with E-state index < -0.39 is 0 Å². The van der Waals surface area contributed by atoms with Crippen molar-refractivity contribution in [2.75, 3.05) is 17.7 Å². The van der Waals surface area contributed by atoms with Crippen LogP contribution in [0, 0.1) is 13.8 Å². The number of benzene rings is 2. The Balaban J connectivity index is 1.68. The van der Waals surface area contributed by atoms with Gasteiger partial charge in [0.1, 0.15) is 5.75 Å². The molecule has 0 bridgehead atoms. The summed E-state index contributed by atoms with van der Waals surface area (Å²) in [5.41, 5.74) is 3.90. The predicted molar refractivity (Wildman–Crippen MR) is 113 cm³/mol. The first kappa shape index (κ1) is 19.9. The zero-order chi connectivity index (χ0) is 20.1. The van der Waals surface area contributed by atoms with Gasteiger partial charge in [0.05, 0.1) is 12.4 Å². The third kappa shape index (κ3) is 4.54. The first-order chi connectivity index (χ1) is 13.5. The van der Waals surface area contributed by atoms with Gasteiger partial charge in [-0.05, 0) is 44.0 Å². The Morgan fingerprint density at radius 2 is 1.86 bits per heavy atom. The van der Waals surface area contributed by atoms with E-state index in [1.54, 1.807) is 0 Å². The molecule has 1 heterocycles. The van der Waals surface area contributed by atoms with Crippen LogP contribution in [0.15, 0.2) is 47.6 Å². The van der Waals surface area contributed by atoms with Crippen molar-refractivity contribution in [1.82, 2.24) is 14.8 Å². The van der Waals surface area contributed by atoms with Gasteiger partial charge in [0.2, 0.25) is 5.91 Å². The second-order valence-electron chi connectivity index (χ2n) is 6.43. The summed E-state index contributed by atoms with van der Waals surface area (Å²) in [7, 11) is 1.90. The third-order valence-electron chi connectivity index (χ3n) is 4.32. The maximum absolute atomic E-state index is 12.4. The van der Waals surface area contributed by atoms with Crippen LogP contribution in [0.1, 0.15) is 18.1 Å². The second-order valence-corrected chi connectivity index (χ2v) is 7.37. The lowest BCUT2D eigenvalue weighted by molar-refractivity contribution is -0.113. The lowest BCUT2D eigenvalue weighted by Gasteiger charge is -2.11. The number of nitrogens with one attached hydrogen (secondary N) is 1. The number of nitrogens with zero attached hydrogens (tertiary/aromatic N) is 3. The van der Waals surface area contributed by atoms with Gasteiger partial charge in [-0.1, -0.05) is 42.1 Å². The Kier molecular flexibility index (Phi) is 6.36. The fourth-order valence-corrected chi connectivity index (χ4v) is 3.61. The minimum absolute atomic E-state index is 0.0645. The molecule has 28 heavy (non-hydrogen) atoms. The predicted octanol–water partition coefficient (Wildman–Crippen LogP) is 4.23. The summed E-state index contributed by atoms with van der Waals surface area (Å²) < 4.78 is 7.44. The van der Waals surface area contributed by atoms with E-state index in [4.69, 9.17) is 4.74 Å². The normalized spacial score (nSPS) is 10.7. The number of ether oxygens (including phenoxy) is 1. The van der Waals surface area contributed by atoms with Gasteiger partial charge in [-0.2, -0.15) is 0 Å². The fraction of sp³-hybridized carbons (Fsp3) is 0.286. The lowest BCUT2D eigenvalue weighted by atomic mass is 10.1. The Labute approximate surface area is 169 Å². The number of amides is 1. The van der Waals surface area contributed by atoms with Crippen LogP contribution in [0.5, 0.6) is 5.75 Å². The number of rotatable bonds is 7. The maximum Gasteiger partial charge on any atom is 0.234 e. The Morgan fingerprint density at radius 1 is 1.14 bits per heavy atom. The molecule has 146 valence electrons. The van der Waals surface area contributed by atoms with Gasteiger partial charge in [-0.15, -0.1) is 10.2 Å². The molecule has 1 amide bonds. The Morgan fingerprint density at radius 3 is 2.57 bits per heavy atom. The highest BCUT2D eigenvalue weighted by atomic mass is 32.2. The average molecular weight is 397 g/mol. The quantitative estimate of drug-likeness (QED) is 0.605. The summed E-state index contributed by atoms with van der Waals surface area (Å²) in [6.07, 6.45) is 0. The van der Waals surface area contributed by atoms with Gasteiger partial charge in [0, 0.05) is 18.3 Å². The Bertz CT molecular complexity index is 964. The van der Waals surface area contributed by atoms with E-state index in [-0.39, 0.29) is 11.7 Å². The van der Waals surface area contributed by atoms with Gasteiger partial charge in [-0.3, -0.25) is 4.79 Å². The minimum Gasteiger partial charge on any atom is -0.494 e. The van der Waals surface area contributed by atoms with E-state index in [9.17, 15) is 4.79 Å². The first-order valence-electron chi connectivity index (χ1n) is 9.11. The number of carbonyl (C=O) groups is 1. The Hall–Kier alpha value is -2.80. The van der Waals surface area contributed by atoms with Crippen molar-refractivity contribution in [1.29, 1.82) is 0 Å². The van der Waals surface area contributed by atoms with Gasteiger partial charge in [0.15, 0.2) is 11.0 Å². The number of para-hydroxylation sites is 1. The maximum atomic E-state index is 12.4. The monoisotopic (exact) mass is 396 g/mol. The summed E-state index contributed by atoms with van der Waals surface area (Å²) in [6.45, 7) is 6.54. The molecular weight excluding hydrogens is 372 g/mol. The van der Waals surface area contributed by atoms with Crippen molar-refractivity contribution in [2.24, 2.45) is 7.05 Å². The average Bonchev–Trinajstić information content (AvgIpc) is 3.04. The zero-order valence-electron chi connectivity index (χ0n) is 16.5. The van der Waals surface area contributed by atoms with Gasteiger partial charge >= 0.3 is 0 Å². The fourth-order valence-electron chi connectivity index (χ4n) is 2.90. The molecule has 0 spiro atoms. The molecule has 1 N–H and O–H groups in total. The molecule has 0 saturated carbocycles. The van der Waals surface area contributed by atoms with Crippen LogP contribution < -0.4 is 10.1 Å². The molecule has 7 heteroatoms. The van der Waals surface area contributed by atoms with Crippen LogP contribution >= 0.6 is 11.8 Å². The van der Waals surface area contributed by atoms with E-state index in [1.165, 1.54) is 11.8 Å². The number of aromatic nitrogens is 3. The van der Waals surface area contributed by atoms with E-state index in [0.717, 1.165) is 34.0 Å². The molecule has 0 saturated heterocycles. The highest BCUT2D eigenvalue weighted by Gasteiger charge is 2.14. The number of hydrogen-bond donors (Lipinski definition) is 1.